The molecule has 0 saturated carbocycles. The highest BCUT2D eigenvalue weighted by molar-refractivity contribution is 6.01. The molecule has 1 aromatic carbocycles. The molecule has 0 saturated heterocycles. The summed E-state index contributed by atoms with van der Waals surface area (Å²) in [4.78, 5) is 21.5. The van der Waals surface area contributed by atoms with Gasteiger partial charge >= 0.3 is 0 Å². The van der Waals surface area contributed by atoms with E-state index < -0.39 is 22.3 Å². The molecule has 0 heterocycles. The standard InChI is InChI=1S/C10H13FN4O3/c1-5(4-12)14-10(16)7-2-6(11)3-8(9(7)13)15(17)18/h2-3,5H,4,12-13H2,1H3,(H,14,16)/t5-/m0/s1. The Bertz CT molecular complexity index is 492. The first-order valence-electron chi connectivity index (χ1n) is 5.11. The van der Waals surface area contributed by atoms with Crippen LogP contribution in [-0.2, 0) is 0 Å². The Morgan fingerprint density at radius 3 is 2.72 bits per heavy atom. The van der Waals surface area contributed by atoms with Crippen LogP contribution in [0.5, 0.6) is 0 Å². The average Bonchev–Trinajstić information content (AvgIpc) is 2.30. The largest absolute Gasteiger partial charge is 0.393 e. The zero-order valence-electron chi connectivity index (χ0n) is 9.64. The second-order valence-corrected chi connectivity index (χ2v) is 3.75. The maximum atomic E-state index is 13.2. The second kappa shape index (κ2) is 5.41. The molecule has 0 aliphatic carbocycles. The lowest BCUT2D eigenvalue weighted by molar-refractivity contribution is -0.384. The minimum atomic E-state index is -0.901. The van der Waals surface area contributed by atoms with Crippen molar-refractivity contribution in [2.75, 3.05) is 12.3 Å². The fourth-order valence-electron chi connectivity index (χ4n) is 1.30. The van der Waals surface area contributed by atoms with Gasteiger partial charge < -0.3 is 16.8 Å². The van der Waals surface area contributed by atoms with Crippen molar-refractivity contribution in [1.82, 2.24) is 5.32 Å². The van der Waals surface area contributed by atoms with Gasteiger partial charge in [-0.3, -0.25) is 14.9 Å². The quantitative estimate of drug-likeness (QED) is 0.408. The number of halogens is 1. The third-order valence-electron chi connectivity index (χ3n) is 2.30. The number of carbonyl (C=O) groups excluding carboxylic acids is 1. The molecule has 0 aromatic heterocycles. The van der Waals surface area contributed by atoms with E-state index in [9.17, 15) is 19.3 Å². The normalized spacial score (nSPS) is 11.9. The van der Waals surface area contributed by atoms with Crippen LogP contribution in [0.1, 0.15) is 17.3 Å². The third kappa shape index (κ3) is 2.92. The SMILES string of the molecule is C[C@@H](CN)NC(=O)c1cc(F)cc([N+](=O)[O-])c1N. The van der Waals surface area contributed by atoms with E-state index in [0.29, 0.717) is 6.07 Å². The highest BCUT2D eigenvalue weighted by Crippen LogP contribution is 2.26. The van der Waals surface area contributed by atoms with E-state index in [0.717, 1.165) is 6.07 Å². The lowest BCUT2D eigenvalue weighted by Gasteiger charge is -2.12. The van der Waals surface area contributed by atoms with Gasteiger partial charge in [0, 0.05) is 12.6 Å². The summed E-state index contributed by atoms with van der Waals surface area (Å²) < 4.78 is 13.2. The van der Waals surface area contributed by atoms with Crippen molar-refractivity contribution in [3.05, 3.63) is 33.6 Å². The lowest BCUT2D eigenvalue weighted by atomic mass is 10.1. The molecule has 0 unspecified atom stereocenters. The number of nitro groups is 1. The van der Waals surface area contributed by atoms with E-state index in [4.69, 9.17) is 11.5 Å². The van der Waals surface area contributed by atoms with Crippen molar-refractivity contribution in [2.45, 2.75) is 13.0 Å². The zero-order chi connectivity index (χ0) is 13.9. The first-order valence-corrected chi connectivity index (χ1v) is 5.11. The maximum absolute atomic E-state index is 13.2. The Hall–Kier alpha value is -2.22. The molecular weight excluding hydrogens is 243 g/mol. The van der Waals surface area contributed by atoms with Gasteiger partial charge in [0.15, 0.2) is 0 Å². The molecule has 0 aliphatic rings. The van der Waals surface area contributed by atoms with Gasteiger partial charge in [0.1, 0.15) is 11.5 Å². The summed E-state index contributed by atoms with van der Waals surface area (Å²) in [6, 6.07) is 1.17. The van der Waals surface area contributed by atoms with Gasteiger partial charge in [-0.2, -0.15) is 0 Å². The molecule has 0 radical (unpaired) electrons. The topological polar surface area (TPSA) is 124 Å². The number of rotatable bonds is 4. The van der Waals surface area contributed by atoms with Gasteiger partial charge in [-0.05, 0) is 13.0 Å². The van der Waals surface area contributed by atoms with Crippen LogP contribution in [0.3, 0.4) is 0 Å². The second-order valence-electron chi connectivity index (χ2n) is 3.75. The fourth-order valence-corrected chi connectivity index (χ4v) is 1.30. The molecule has 1 rings (SSSR count). The van der Waals surface area contributed by atoms with Crippen molar-refractivity contribution in [3.63, 3.8) is 0 Å². The molecule has 7 nitrogen and oxygen atoms in total. The maximum Gasteiger partial charge on any atom is 0.295 e. The van der Waals surface area contributed by atoms with Crippen molar-refractivity contribution in [2.24, 2.45) is 5.73 Å². The number of benzene rings is 1. The molecule has 0 spiro atoms. The Morgan fingerprint density at radius 1 is 1.61 bits per heavy atom. The van der Waals surface area contributed by atoms with Gasteiger partial charge in [-0.15, -0.1) is 0 Å². The number of carbonyl (C=O) groups is 1. The van der Waals surface area contributed by atoms with Crippen molar-refractivity contribution < 1.29 is 14.1 Å². The number of anilines is 1. The third-order valence-corrected chi connectivity index (χ3v) is 2.30. The zero-order valence-corrected chi connectivity index (χ0v) is 9.64. The number of hydrogen-bond acceptors (Lipinski definition) is 5. The smallest absolute Gasteiger partial charge is 0.295 e. The molecule has 0 fully saturated rings. The van der Waals surface area contributed by atoms with Crippen LogP contribution in [0.4, 0.5) is 15.8 Å². The molecule has 1 aromatic rings. The predicted molar refractivity (Wildman–Crippen MR) is 63.4 cm³/mol. The molecule has 18 heavy (non-hydrogen) atoms. The summed E-state index contributed by atoms with van der Waals surface area (Å²) in [6.07, 6.45) is 0. The monoisotopic (exact) mass is 256 g/mol. The molecule has 1 amide bonds. The highest BCUT2D eigenvalue weighted by atomic mass is 19.1. The summed E-state index contributed by atoms with van der Waals surface area (Å²) in [5.74, 6) is -1.60. The number of amides is 1. The Kier molecular flexibility index (Phi) is 4.16. The molecule has 5 N–H and O–H groups in total. The summed E-state index contributed by atoms with van der Waals surface area (Å²) in [5, 5.41) is 13.1. The van der Waals surface area contributed by atoms with Gasteiger partial charge in [-0.25, -0.2) is 4.39 Å². The van der Waals surface area contributed by atoms with Gasteiger partial charge in [0.2, 0.25) is 0 Å². The number of nitrogen functional groups attached to an aromatic ring is 1. The van der Waals surface area contributed by atoms with Crippen molar-refractivity contribution in [3.8, 4) is 0 Å². The van der Waals surface area contributed by atoms with Crippen LogP contribution < -0.4 is 16.8 Å². The molecule has 1 atom stereocenters. The first-order chi connectivity index (χ1) is 8.36. The minimum Gasteiger partial charge on any atom is -0.393 e. The Labute approximate surface area is 102 Å². The lowest BCUT2D eigenvalue weighted by Crippen LogP contribution is -2.38. The van der Waals surface area contributed by atoms with Gasteiger partial charge in [0.05, 0.1) is 16.6 Å². The van der Waals surface area contributed by atoms with Gasteiger partial charge in [-0.1, -0.05) is 0 Å². The van der Waals surface area contributed by atoms with E-state index in [2.05, 4.69) is 5.32 Å². The molecule has 0 bridgehead atoms. The van der Waals surface area contributed by atoms with E-state index >= 15 is 0 Å². The minimum absolute atomic E-state index is 0.184. The van der Waals surface area contributed by atoms with E-state index in [1.807, 2.05) is 0 Å². The Morgan fingerprint density at radius 2 is 2.22 bits per heavy atom. The summed E-state index contributed by atoms with van der Waals surface area (Å²) in [7, 11) is 0. The fraction of sp³-hybridized carbons (Fsp3) is 0.300. The molecule has 0 aliphatic heterocycles. The highest BCUT2D eigenvalue weighted by Gasteiger charge is 2.22. The summed E-state index contributed by atoms with van der Waals surface area (Å²) in [5.41, 5.74) is 9.50. The van der Waals surface area contributed by atoms with E-state index in [-0.39, 0.29) is 23.8 Å². The van der Waals surface area contributed by atoms with Crippen LogP contribution in [-0.4, -0.2) is 23.4 Å². The van der Waals surface area contributed by atoms with Crippen LogP contribution in [0, 0.1) is 15.9 Å². The van der Waals surface area contributed by atoms with Crippen molar-refractivity contribution >= 4 is 17.3 Å². The Balaban J connectivity index is 3.16. The van der Waals surface area contributed by atoms with Crippen LogP contribution in [0.15, 0.2) is 12.1 Å². The van der Waals surface area contributed by atoms with Gasteiger partial charge in [0.25, 0.3) is 11.6 Å². The number of nitro benzene ring substituents is 1. The molecular formula is C10H13FN4O3. The summed E-state index contributed by atoms with van der Waals surface area (Å²) in [6.45, 7) is 1.82. The molecule has 8 heteroatoms. The van der Waals surface area contributed by atoms with Crippen LogP contribution in [0.25, 0.3) is 0 Å². The average molecular weight is 256 g/mol. The van der Waals surface area contributed by atoms with Crippen LogP contribution in [0.2, 0.25) is 0 Å². The number of nitrogens with one attached hydrogen (secondary N) is 1. The molecule has 98 valence electrons. The first kappa shape index (κ1) is 13.8. The van der Waals surface area contributed by atoms with Crippen molar-refractivity contribution in [1.29, 1.82) is 0 Å². The van der Waals surface area contributed by atoms with Crippen LogP contribution >= 0.6 is 0 Å². The predicted octanol–water partition coefficient (Wildman–Crippen LogP) is 0.393. The number of hydrogen-bond donors (Lipinski definition) is 3. The summed E-state index contributed by atoms with van der Waals surface area (Å²) >= 11 is 0. The van der Waals surface area contributed by atoms with E-state index in [1.165, 1.54) is 0 Å². The van der Waals surface area contributed by atoms with E-state index in [1.54, 1.807) is 6.92 Å². The number of nitrogens with two attached hydrogens (primary N) is 2. The number of nitrogens with zero attached hydrogens (tertiary/aromatic N) is 1.